The fourth-order valence-corrected chi connectivity index (χ4v) is 2.79. The summed E-state index contributed by atoms with van der Waals surface area (Å²) in [5, 5.41) is 0. The monoisotopic (exact) mass is 345 g/mol. The standard InChI is InChI=1S/C21H27NO.ClH/c1-2-20(22)14-19-13-18(12-16-6-4-3-5-7-16)10-11-21(19)23-15-17-8-9-17;/h3-7,10-11,13,17,20H,2,8-9,12,14-15,22H2,1H3;1H. The Balaban J connectivity index is 0.00000208. The molecule has 1 unspecified atom stereocenters. The summed E-state index contributed by atoms with van der Waals surface area (Å²) in [6.45, 7) is 3.00. The number of ether oxygens (including phenoxy) is 1. The van der Waals surface area contributed by atoms with Crippen molar-refractivity contribution in [1.29, 1.82) is 0 Å². The molecule has 24 heavy (non-hydrogen) atoms. The molecule has 0 bridgehead atoms. The lowest BCUT2D eigenvalue weighted by Gasteiger charge is -2.16. The van der Waals surface area contributed by atoms with Gasteiger partial charge in [-0.15, -0.1) is 12.4 Å². The number of hydrogen-bond acceptors (Lipinski definition) is 2. The topological polar surface area (TPSA) is 35.2 Å². The molecule has 2 aromatic rings. The van der Waals surface area contributed by atoms with Crippen LogP contribution in [0.4, 0.5) is 0 Å². The van der Waals surface area contributed by atoms with Gasteiger partial charge in [0.15, 0.2) is 0 Å². The maximum atomic E-state index is 6.19. The van der Waals surface area contributed by atoms with Crippen molar-refractivity contribution in [1.82, 2.24) is 0 Å². The van der Waals surface area contributed by atoms with Crippen LogP contribution in [0.1, 0.15) is 42.9 Å². The largest absolute Gasteiger partial charge is 0.493 e. The molecule has 0 amide bonds. The van der Waals surface area contributed by atoms with Gasteiger partial charge in [-0.1, -0.05) is 49.4 Å². The van der Waals surface area contributed by atoms with E-state index in [4.69, 9.17) is 10.5 Å². The van der Waals surface area contributed by atoms with Gasteiger partial charge >= 0.3 is 0 Å². The highest BCUT2D eigenvalue weighted by molar-refractivity contribution is 5.85. The van der Waals surface area contributed by atoms with Crippen LogP contribution >= 0.6 is 12.4 Å². The van der Waals surface area contributed by atoms with Crippen LogP contribution in [0.15, 0.2) is 48.5 Å². The average molecular weight is 346 g/mol. The van der Waals surface area contributed by atoms with Gasteiger partial charge in [-0.25, -0.2) is 0 Å². The molecule has 1 aliphatic carbocycles. The maximum absolute atomic E-state index is 6.19. The third-order valence-electron chi connectivity index (χ3n) is 4.55. The van der Waals surface area contributed by atoms with Gasteiger partial charge in [0.05, 0.1) is 6.61 Å². The van der Waals surface area contributed by atoms with Crippen molar-refractivity contribution in [3.63, 3.8) is 0 Å². The minimum Gasteiger partial charge on any atom is -0.493 e. The molecule has 0 radical (unpaired) electrons. The molecule has 0 aliphatic heterocycles. The summed E-state index contributed by atoms with van der Waals surface area (Å²) in [5.74, 6) is 1.80. The minimum atomic E-state index is 0. The Morgan fingerprint density at radius 1 is 1.08 bits per heavy atom. The second-order valence-corrected chi connectivity index (χ2v) is 6.73. The normalized spacial score (nSPS) is 14.8. The predicted molar refractivity (Wildman–Crippen MR) is 103 cm³/mol. The van der Waals surface area contributed by atoms with Gasteiger partial charge in [0.1, 0.15) is 5.75 Å². The van der Waals surface area contributed by atoms with Crippen LogP contribution in [0.5, 0.6) is 5.75 Å². The van der Waals surface area contributed by atoms with Crippen LogP contribution in [-0.2, 0) is 12.8 Å². The van der Waals surface area contributed by atoms with Crippen LogP contribution in [-0.4, -0.2) is 12.6 Å². The molecule has 2 N–H and O–H groups in total. The van der Waals surface area contributed by atoms with E-state index in [-0.39, 0.29) is 18.4 Å². The summed E-state index contributed by atoms with van der Waals surface area (Å²) in [5.41, 5.74) is 10.1. The molecular weight excluding hydrogens is 318 g/mol. The van der Waals surface area contributed by atoms with Crippen molar-refractivity contribution in [2.75, 3.05) is 6.61 Å². The Hall–Kier alpha value is -1.51. The van der Waals surface area contributed by atoms with Crippen LogP contribution in [0.2, 0.25) is 0 Å². The lowest BCUT2D eigenvalue weighted by molar-refractivity contribution is 0.296. The third kappa shape index (κ3) is 5.54. The first-order chi connectivity index (χ1) is 11.2. The van der Waals surface area contributed by atoms with Gasteiger partial charge in [0, 0.05) is 6.04 Å². The molecule has 1 saturated carbocycles. The number of benzene rings is 2. The van der Waals surface area contributed by atoms with Crippen LogP contribution in [0, 0.1) is 5.92 Å². The van der Waals surface area contributed by atoms with Crippen LogP contribution < -0.4 is 10.5 Å². The van der Waals surface area contributed by atoms with Crippen molar-refractivity contribution in [2.24, 2.45) is 11.7 Å². The molecule has 130 valence electrons. The third-order valence-corrected chi connectivity index (χ3v) is 4.55. The first-order valence-electron chi connectivity index (χ1n) is 8.78. The lowest BCUT2D eigenvalue weighted by atomic mass is 9.98. The zero-order valence-corrected chi connectivity index (χ0v) is 15.2. The lowest BCUT2D eigenvalue weighted by Crippen LogP contribution is -2.22. The second-order valence-electron chi connectivity index (χ2n) is 6.73. The summed E-state index contributed by atoms with van der Waals surface area (Å²) >= 11 is 0. The van der Waals surface area contributed by atoms with E-state index in [0.717, 1.165) is 37.5 Å². The zero-order chi connectivity index (χ0) is 16.1. The molecule has 0 saturated heterocycles. The second kappa shape index (κ2) is 9.10. The fourth-order valence-electron chi connectivity index (χ4n) is 2.79. The first-order valence-corrected chi connectivity index (χ1v) is 8.78. The van der Waals surface area contributed by atoms with E-state index in [0.29, 0.717) is 0 Å². The molecule has 3 heteroatoms. The van der Waals surface area contributed by atoms with E-state index in [1.165, 1.54) is 29.5 Å². The molecule has 2 nitrogen and oxygen atoms in total. The summed E-state index contributed by atoms with van der Waals surface area (Å²) in [7, 11) is 0. The molecule has 1 aliphatic rings. The first kappa shape index (κ1) is 18.8. The average Bonchev–Trinajstić information content (AvgIpc) is 3.39. The SMILES string of the molecule is CCC(N)Cc1cc(Cc2ccccc2)ccc1OCC1CC1.Cl. The van der Waals surface area contributed by atoms with Crippen molar-refractivity contribution in [3.05, 3.63) is 65.2 Å². The molecule has 0 spiro atoms. The quantitative estimate of drug-likeness (QED) is 0.748. The number of nitrogens with two attached hydrogens (primary N) is 1. The molecule has 0 aromatic heterocycles. The summed E-state index contributed by atoms with van der Waals surface area (Å²) in [6, 6.07) is 17.4. The molecule has 0 heterocycles. The van der Waals surface area contributed by atoms with Crippen LogP contribution in [0.25, 0.3) is 0 Å². The van der Waals surface area contributed by atoms with Gasteiger partial charge in [0.2, 0.25) is 0 Å². The highest BCUT2D eigenvalue weighted by atomic mass is 35.5. The number of hydrogen-bond donors (Lipinski definition) is 1. The molecule has 1 atom stereocenters. The number of halogens is 1. The van der Waals surface area contributed by atoms with Crippen molar-refractivity contribution < 1.29 is 4.74 Å². The van der Waals surface area contributed by atoms with Gasteiger partial charge in [-0.3, -0.25) is 0 Å². The van der Waals surface area contributed by atoms with Crippen molar-refractivity contribution in [2.45, 2.75) is 45.1 Å². The van der Waals surface area contributed by atoms with E-state index in [2.05, 4.69) is 55.5 Å². The van der Waals surface area contributed by atoms with Gasteiger partial charge in [-0.2, -0.15) is 0 Å². The summed E-state index contributed by atoms with van der Waals surface area (Å²) < 4.78 is 6.06. The van der Waals surface area contributed by atoms with Crippen molar-refractivity contribution in [3.8, 4) is 5.75 Å². The molecular formula is C21H28ClNO. The van der Waals surface area contributed by atoms with E-state index in [1.54, 1.807) is 0 Å². The van der Waals surface area contributed by atoms with Gasteiger partial charge in [-0.05, 0) is 60.8 Å². The van der Waals surface area contributed by atoms with E-state index < -0.39 is 0 Å². The molecule has 2 aromatic carbocycles. The Morgan fingerprint density at radius 3 is 2.50 bits per heavy atom. The highest BCUT2D eigenvalue weighted by Crippen LogP contribution is 2.31. The van der Waals surface area contributed by atoms with Crippen LogP contribution in [0.3, 0.4) is 0 Å². The Kier molecular flexibility index (Phi) is 7.14. The van der Waals surface area contributed by atoms with E-state index >= 15 is 0 Å². The van der Waals surface area contributed by atoms with Gasteiger partial charge in [0.25, 0.3) is 0 Å². The Morgan fingerprint density at radius 2 is 1.83 bits per heavy atom. The highest BCUT2D eigenvalue weighted by Gasteiger charge is 2.22. The smallest absolute Gasteiger partial charge is 0.122 e. The predicted octanol–water partition coefficient (Wildman–Crippen LogP) is 4.77. The Bertz CT molecular complexity index is 625. The zero-order valence-electron chi connectivity index (χ0n) is 14.4. The van der Waals surface area contributed by atoms with Crippen molar-refractivity contribution >= 4 is 12.4 Å². The number of rotatable bonds is 8. The summed E-state index contributed by atoms with van der Waals surface area (Å²) in [4.78, 5) is 0. The van der Waals surface area contributed by atoms with E-state index in [9.17, 15) is 0 Å². The molecule has 1 fully saturated rings. The minimum absolute atomic E-state index is 0. The summed E-state index contributed by atoms with van der Waals surface area (Å²) in [6.07, 6.45) is 5.47. The van der Waals surface area contributed by atoms with E-state index in [1.807, 2.05) is 0 Å². The molecule has 3 rings (SSSR count). The Labute approximate surface area is 151 Å². The van der Waals surface area contributed by atoms with Gasteiger partial charge < -0.3 is 10.5 Å². The maximum Gasteiger partial charge on any atom is 0.122 e. The fraction of sp³-hybridized carbons (Fsp3) is 0.429.